The number of rotatable bonds is 7. The molecule has 3 aromatic rings. The number of ketones is 1. The number of ether oxygens (including phenoxy) is 1. The summed E-state index contributed by atoms with van der Waals surface area (Å²) in [6, 6.07) is 11.5. The number of carbonyl (C=O) groups is 1. The van der Waals surface area contributed by atoms with Crippen LogP contribution in [0.2, 0.25) is 0 Å². The fraction of sp³-hybridized carbons (Fsp3) is 0.0500. The highest BCUT2D eigenvalue weighted by atomic mass is 19.1. The molecule has 8 heteroatoms. The fourth-order valence-electron chi connectivity index (χ4n) is 2.33. The molecule has 3 rings (SSSR count). The summed E-state index contributed by atoms with van der Waals surface area (Å²) in [7, 11) is 0. The van der Waals surface area contributed by atoms with E-state index in [0.29, 0.717) is 17.6 Å². The Morgan fingerprint density at radius 1 is 1.14 bits per heavy atom. The molecule has 0 N–H and O–H groups in total. The normalized spacial score (nSPS) is 10.9. The Morgan fingerprint density at radius 2 is 1.96 bits per heavy atom. The quantitative estimate of drug-likeness (QED) is 0.249. The molecule has 0 aliphatic rings. The van der Waals surface area contributed by atoms with Gasteiger partial charge in [-0.3, -0.25) is 14.9 Å². The Morgan fingerprint density at radius 3 is 2.71 bits per heavy atom. The van der Waals surface area contributed by atoms with Gasteiger partial charge in [0.2, 0.25) is 0 Å². The summed E-state index contributed by atoms with van der Waals surface area (Å²) in [5, 5.41) is 10.8. The lowest BCUT2D eigenvalue weighted by molar-refractivity contribution is -0.384. The minimum Gasteiger partial charge on any atom is -0.483 e. The molecule has 6 nitrogen and oxygen atoms in total. The Labute approximate surface area is 157 Å². The van der Waals surface area contributed by atoms with Gasteiger partial charge in [-0.25, -0.2) is 8.78 Å². The summed E-state index contributed by atoms with van der Waals surface area (Å²) in [4.78, 5) is 22.3. The maximum atomic E-state index is 13.5. The predicted molar refractivity (Wildman–Crippen MR) is 95.9 cm³/mol. The SMILES string of the molecule is O=C(/C=C/c1ccc(COc2ccc(F)cc2F)o1)c1cccc([N+](=O)[O-])c1. The van der Waals surface area contributed by atoms with E-state index in [0.717, 1.165) is 6.07 Å². The van der Waals surface area contributed by atoms with Crippen molar-refractivity contribution < 1.29 is 27.7 Å². The van der Waals surface area contributed by atoms with Crippen LogP contribution in [0.4, 0.5) is 14.5 Å². The van der Waals surface area contributed by atoms with Crippen molar-refractivity contribution in [1.29, 1.82) is 0 Å². The van der Waals surface area contributed by atoms with Crippen LogP contribution in [0, 0.1) is 21.7 Å². The van der Waals surface area contributed by atoms with E-state index in [1.165, 1.54) is 42.5 Å². The molecule has 1 heterocycles. The average Bonchev–Trinajstić information content (AvgIpc) is 3.13. The molecule has 0 saturated carbocycles. The summed E-state index contributed by atoms with van der Waals surface area (Å²) in [5.74, 6) is -1.36. The van der Waals surface area contributed by atoms with Crippen LogP contribution in [0.15, 0.2) is 65.1 Å². The first-order valence-electron chi connectivity index (χ1n) is 8.06. The van der Waals surface area contributed by atoms with E-state index < -0.39 is 22.3 Å². The molecule has 0 bridgehead atoms. The monoisotopic (exact) mass is 385 g/mol. The van der Waals surface area contributed by atoms with E-state index in [1.807, 2.05) is 0 Å². The first-order chi connectivity index (χ1) is 13.4. The van der Waals surface area contributed by atoms with Crippen molar-refractivity contribution in [3.63, 3.8) is 0 Å². The fourth-order valence-corrected chi connectivity index (χ4v) is 2.33. The number of nitro groups is 1. The lowest BCUT2D eigenvalue weighted by atomic mass is 10.1. The topological polar surface area (TPSA) is 82.6 Å². The summed E-state index contributed by atoms with van der Waals surface area (Å²) < 4.78 is 37.1. The largest absolute Gasteiger partial charge is 0.483 e. The zero-order valence-corrected chi connectivity index (χ0v) is 14.3. The number of non-ortho nitro benzene ring substituents is 1. The van der Waals surface area contributed by atoms with E-state index in [-0.39, 0.29) is 23.6 Å². The van der Waals surface area contributed by atoms with Gasteiger partial charge >= 0.3 is 0 Å². The van der Waals surface area contributed by atoms with Crippen LogP contribution in [0.5, 0.6) is 5.75 Å². The van der Waals surface area contributed by atoms with E-state index in [2.05, 4.69) is 0 Å². The molecule has 0 radical (unpaired) electrons. The first-order valence-corrected chi connectivity index (χ1v) is 8.06. The second-order valence-corrected chi connectivity index (χ2v) is 5.67. The maximum absolute atomic E-state index is 13.5. The molecule has 1 aromatic heterocycles. The van der Waals surface area contributed by atoms with E-state index >= 15 is 0 Å². The second kappa shape index (κ2) is 8.26. The van der Waals surface area contributed by atoms with Gasteiger partial charge in [-0.15, -0.1) is 0 Å². The minimum atomic E-state index is -0.825. The van der Waals surface area contributed by atoms with Gasteiger partial charge in [-0.05, 0) is 36.4 Å². The maximum Gasteiger partial charge on any atom is 0.270 e. The standard InChI is InChI=1S/C20H13F2NO5/c21-14-4-9-20(18(22)11-14)27-12-17-6-5-16(28-17)7-8-19(24)13-2-1-3-15(10-13)23(25)26/h1-11H,12H2/b8-7+. The second-order valence-electron chi connectivity index (χ2n) is 5.67. The molecule has 2 aromatic carbocycles. The zero-order chi connectivity index (χ0) is 20.1. The number of hydrogen-bond donors (Lipinski definition) is 0. The van der Waals surface area contributed by atoms with Gasteiger partial charge in [0, 0.05) is 23.8 Å². The van der Waals surface area contributed by atoms with E-state index in [4.69, 9.17) is 9.15 Å². The van der Waals surface area contributed by atoms with Crippen molar-refractivity contribution in [3.05, 3.63) is 99.5 Å². The Balaban J connectivity index is 1.63. The lowest BCUT2D eigenvalue weighted by Gasteiger charge is -2.05. The average molecular weight is 385 g/mol. The molecule has 0 fully saturated rings. The van der Waals surface area contributed by atoms with Crippen molar-refractivity contribution in [2.45, 2.75) is 6.61 Å². The van der Waals surface area contributed by atoms with Gasteiger partial charge in [0.15, 0.2) is 17.3 Å². The van der Waals surface area contributed by atoms with Crippen LogP contribution >= 0.6 is 0 Å². The van der Waals surface area contributed by atoms with Crippen LogP contribution in [-0.4, -0.2) is 10.7 Å². The van der Waals surface area contributed by atoms with E-state index in [1.54, 1.807) is 12.1 Å². The Hall–Kier alpha value is -3.81. The smallest absolute Gasteiger partial charge is 0.270 e. The first kappa shape index (κ1) is 19.0. The highest BCUT2D eigenvalue weighted by Gasteiger charge is 2.10. The van der Waals surface area contributed by atoms with Gasteiger partial charge in [0.05, 0.1) is 4.92 Å². The Bertz CT molecular complexity index is 1060. The lowest BCUT2D eigenvalue weighted by Crippen LogP contribution is -1.96. The molecule has 0 saturated heterocycles. The molecular formula is C20H13F2NO5. The van der Waals surface area contributed by atoms with Gasteiger partial charge in [-0.2, -0.15) is 0 Å². The number of allylic oxidation sites excluding steroid dienone is 1. The number of carbonyl (C=O) groups excluding carboxylic acids is 1. The number of hydrogen-bond acceptors (Lipinski definition) is 5. The van der Waals surface area contributed by atoms with Crippen molar-refractivity contribution in [2.24, 2.45) is 0 Å². The number of nitro benzene ring substituents is 1. The molecule has 0 atom stereocenters. The molecule has 0 amide bonds. The van der Waals surface area contributed by atoms with Crippen LogP contribution in [0.25, 0.3) is 6.08 Å². The number of halogens is 2. The van der Waals surface area contributed by atoms with Crippen LogP contribution in [0.3, 0.4) is 0 Å². The third-order valence-electron chi connectivity index (χ3n) is 3.69. The van der Waals surface area contributed by atoms with Crippen molar-refractivity contribution in [3.8, 4) is 5.75 Å². The zero-order valence-electron chi connectivity index (χ0n) is 14.3. The van der Waals surface area contributed by atoms with E-state index in [9.17, 15) is 23.7 Å². The minimum absolute atomic E-state index is 0.0881. The van der Waals surface area contributed by atoms with Crippen molar-refractivity contribution in [1.82, 2.24) is 0 Å². The van der Waals surface area contributed by atoms with Crippen LogP contribution in [-0.2, 0) is 6.61 Å². The predicted octanol–water partition coefficient (Wildman–Crippen LogP) is 4.94. The molecule has 28 heavy (non-hydrogen) atoms. The highest BCUT2D eigenvalue weighted by Crippen LogP contribution is 2.20. The van der Waals surface area contributed by atoms with Gasteiger partial charge < -0.3 is 9.15 Å². The number of benzene rings is 2. The molecule has 0 aliphatic heterocycles. The molecule has 142 valence electrons. The number of furan rings is 1. The summed E-state index contributed by atoms with van der Waals surface area (Å²) in [6.45, 7) is -0.0881. The summed E-state index contributed by atoms with van der Waals surface area (Å²) in [5.41, 5.74) is -0.00272. The van der Waals surface area contributed by atoms with Gasteiger partial charge in [-0.1, -0.05) is 12.1 Å². The van der Waals surface area contributed by atoms with Crippen LogP contribution in [0.1, 0.15) is 21.9 Å². The molecular weight excluding hydrogens is 372 g/mol. The molecule has 0 spiro atoms. The number of nitrogens with zero attached hydrogens (tertiary/aromatic N) is 1. The molecule has 0 unspecified atom stereocenters. The summed E-state index contributed by atoms with van der Waals surface area (Å²) in [6.07, 6.45) is 2.63. The molecule has 0 aliphatic carbocycles. The van der Waals surface area contributed by atoms with Crippen molar-refractivity contribution in [2.75, 3.05) is 0 Å². The van der Waals surface area contributed by atoms with Gasteiger partial charge in [0.25, 0.3) is 5.69 Å². The third-order valence-corrected chi connectivity index (χ3v) is 3.69. The third kappa shape index (κ3) is 4.67. The summed E-state index contributed by atoms with van der Waals surface area (Å²) >= 11 is 0. The highest BCUT2D eigenvalue weighted by molar-refractivity contribution is 6.07. The Kier molecular flexibility index (Phi) is 5.59. The van der Waals surface area contributed by atoms with Crippen molar-refractivity contribution >= 4 is 17.5 Å². The van der Waals surface area contributed by atoms with Gasteiger partial charge in [0.1, 0.15) is 23.9 Å². The van der Waals surface area contributed by atoms with Crippen LogP contribution < -0.4 is 4.74 Å².